The normalized spacial score (nSPS) is 19.6. The molecule has 0 aromatic carbocycles. The number of hydrogen-bond acceptors (Lipinski definition) is 5. The van der Waals surface area contributed by atoms with Crippen molar-refractivity contribution in [2.75, 3.05) is 18.5 Å². The van der Waals surface area contributed by atoms with Gasteiger partial charge in [-0.1, -0.05) is 0 Å². The summed E-state index contributed by atoms with van der Waals surface area (Å²) in [5.41, 5.74) is 0.727. The molecule has 2 aromatic rings. The van der Waals surface area contributed by atoms with E-state index in [1.54, 1.807) is 10.9 Å². The number of halogens is 1. The predicted octanol–water partition coefficient (Wildman–Crippen LogP) is 1.61. The summed E-state index contributed by atoms with van der Waals surface area (Å²) in [4.78, 5) is 8.37. The van der Waals surface area contributed by atoms with Crippen LogP contribution in [-0.2, 0) is 11.8 Å². The molecule has 1 aliphatic heterocycles. The Kier molecular flexibility index (Phi) is 3.05. The standard InChI is InChI=1S/C11H14ClN5O/c1-17-10-8(6-14-17)9(15-11(12)16-10)13-5-7-3-2-4-18-7/h6-7H,2-5H2,1H3,(H,13,15,16). The van der Waals surface area contributed by atoms with E-state index in [9.17, 15) is 0 Å². The van der Waals surface area contributed by atoms with Crippen LogP contribution in [0.25, 0.3) is 11.0 Å². The summed E-state index contributed by atoms with van der Waals surface area (Å²) in [5, 5.41) is 8.53. The Labute approximate surface area is 109 Å². The van der Waals surface area contributed by atoms with E-state index in [1.807, 2.05) is 7.05 Å². The third-order valence-electron chi connectivity index (χ3n) is 3.09. The van der Waals surface area contributed by atoms with Crippen molar-refractivity contribution in [3.05, 3.63) is 11.5 Å². The van der Waals surface area contributed by atoms with Crippen molar-refractivity contribution in [1.29, 1.82) is 0 Å². The molecule has 1 aliphatic rings. The van der Waals surface area contributed by atoms with Gasteiger partial charge in [0.05, 0.1) is 17.7 Å². The van der Waals surface area contributed by atoms with Gasteiger partial charge < -0.3 is 10.1 Å². The molecule has 1 saturated heterocycles. The Bertz CT molecular complexity index is 564. The number of nitrogens with one attached hydrogen (secondary N) is 1. The molecule has 0 spiro atoms. The highest BCUT2D eigenvalue weighted by atomic mass is 35.5. The summed E-state index contributed by atoms with van der Waals surface area (Å²) in [6, 6.07) is 0. The largest absolute Gasteiger partial charge is 0.376 e. The molecule has 0 saturated carbocycles. The van der Waals surface area contributed by atoms with Crippen molar-refractivity contribution in [1.82, 2.24) is 19.7 Å². The Morgan fingerprint density at radius 3 is 3.22 bits per heavy atom. The number of rotatable bonds is 3. The zero-order chi connectivity index (χ0) is 12.5. The van der Waals surface area contributed by atoms with Crippen molar-refractivity contribution in [2.24, 2.45) is 7.05 Å². The monoisotopic (exact) mass is 267 g/mol. The van der Waals surface area contributed by atoms with Crippen molar-refractivity contribution < 1.29 is 4.74 Å². The average molecular weight is 268 g/mol. The second-order valence-electron chi connectivity index (χ2n) is 4.36. The molecular formula is C11H14ClN5O. The maximum absolute atomic E-state index is 5.91. The summed E-state index contributed by atoms with van der Waals surface area (Å²) in [6.45, 7) is 1.58. The van der Waals surface area contributed by atoms with E-state index in [-0.39, 0.29) is 11.4 Å². The Balaban J connectivity index is 1.85. The first kappa shape index (κ1) is 11.7. The van der Waals surface area contributed by atoms with E-state index in [1.165, 1.54) is 0 Å². The quantitative estimate of drug-likeness (QED) is 0.856. The molecule has 0 amide bonds. The number of nitrogens with zero attached hydrogens (tertiary/aromatic N) is 4. The van der Waals surface area contributed by atoms with Gasteiger partial charge in [-0.3, -0.25) is 4.68 Å². The van der Waals surface area contributed by atoms with Crippen LogP contribution < -0.4 is 5.32 Å². The van der Waals surface area contributed by atoms with E-state index in [2.05, 4.69) is 20.4 Å². The third-order valence-corrected chi connectivity index (χ3v) is 3.26. The molecule has 3 heterocycles. The van der Waals surface area contributed by atoms with E-state index >= 15 is 0 Å². The van der Waals surface area contributed by atoms with Crippen molar-refractivity contribution in [3.8, 4) is 0 Å². The summed E-state index contributed by atoms with van der Waals surface area (Å²) >= 11 is 5.91. The fourth-order valence-electron chi connectivity index (χ4n) is 2.15. The fraction of sp³-hybridized carbons (Fsp3) is 0.545. The van der Waals surface area contributed by atoms with Crippen LogP contribution in [0.15, 0.2) is 6.20 Å². The van der Waals surface area contributed by atoms with Crippen molar-refractivity contribution in [3.63, 3.8) is 0 Å². The van der Waals surface area contributed by atoms with E-state index in [0.29, 0.717) is 5.82 Å². The minimum absolute atomic E-state index is 0.223. The first-order chi connectivity index (χ1) is 8.74. The number of aromatic nitrogens is 4. The molecule has 1 fully saturated rings. The van der Waals surface area contributed by atoms with Gasteiger partial charge in [0, 0.05) is 20.2 Å². The minimum atomic E-state index is 0.223. The molecule has 0 radical (unpaired) electrons. The van der Waals surface area contributed by atoms with Crippen LogP contribution in [0, 0.1) is 0 Å². The molecular weight excluding hydrogens is 254 g/mol. The molecule has 1 N–H and O–H groups in total. The highest BCUT2D eigenvalue weighted by Gasteiger charge is 2.17. The zero-order valence-electron chi connectivity index (χ0n) is 10.1. The predicted molar refractivity (Wildman–Crippen MR) is 68.8 cm³/mol. The summed E-state index contributed by atoms with van der Waals surface area (Å²) < 4.78 is 7.24. The number of hydrogen-bond donors (Lipinski definition) is 1. The number of anilines is 1. The highest BCUT2D eigenvalue weighted by Crippen LogP contribution is 2.22. The van der Waals surface area contributed by atoms with Gasteiger partial charge in [0.15, 0.2) is 5.65 Å². The Hall–Kier alpha value is -1.40. The molecule has 0 bridgehead atoms. The minimum Gasteiger partial charge on any atom is -0.376 e. The topological polar surface area (TPSA) is 64.9 Å². The molecule has 7 heteroatoms. The molecule has 0 aliphatic carbocycles. The van der Waals surface area contributed by atoms with Crippen LogP contribution in [0.1, 0.15) is 12.8 Å². The molecule has 2 aromatic heterocycles. The molecule has 1 atom stereocenters. The molecule has 6 nitrogen and oxygen atoms in total. The second-order valence-corrected chi connectivity index (χ2v) is 4.70. The lowest BCUT2D eigenvalue weighted by Gasteiger charge is -2.11. The first-order valence-electron chi connectivity index (χ1n) is 5.95. The van der Waals surface area contributed by atoms with Crippen LogP contribution in [0.4, 0.5) is 5.82 Å². The number of aryl methyl sites for hydroxylation is 1. The van der Waals surface area contributed by atoms with Gasteiger partial charge in [0.1, 0.15) is 5.82 Å². The van der Waals surface area contributed by atoms with E-state index in [4.69, 9.17) is 16.3 Å². The SMILES string of the molecule is Cn1ncc2c(NCC3CCCO3)nc(Cl)nc21. The van der Waals surface area contributed by atoms with E-state index in [0.717, 1.165) is 37.0 Å². The van der Waals surface area contributed by atoms with Gasteiger partial charge in [-0.05, 0) is 24.4 Å². The lowest BCUT2D eigenvalue weighted by molar-refractivity contribution is 0.120. The first-order valence-corrected chi connectivity index (χ1v) is 6.32. The number of fused-ring (bicyclic) bond motifs is 1. The summed E-state index contributed by atoms with van der Waals surface area (Å²) in [5.74, 6) is 0.716. The third kappa shape index (κ3) is 2.13. The van der Waals surface area contributed by atoms with Gasteiger partial charge in [-0.15, -0.1) is 0 Å². The Morgan fingerprint density at radius 2 is 2.44 bits per heavy atom. The van der Waals surface area contributed by atoms with Gasteiger partial charge in [-0.2, -0.15) is 15.1 Å². The van der Waals surface area contributed by atoms with Crippen LogP contribution in [0.2, 0.25) is 5.28 Å². The summed E-state index contributed by atoms with van der Waals surface area (Å²) in [7, 11) is 1.83. The lowest BCUT2D eigenvalue weighted by Crippen LogP contribution is -2.19. The molecule has 3 rings (SSSR count). The maximum atomic E-state index is 5.91. The van der Waals surface area contributed by atoms with Crippen LogP contribution in [-0.4, -0.2) is 39.0 Å². The Morgan fingerprint density at radius 1 is 1.56 bits per heavy atom. The molecule has 18 heavy (non-hydrogen) atoms. The lowest BCUT2D eigenvalue weighted by atomic mass is 10.2. The van der Waals surface area contributed by atoms with Gasteiger partial charge in [0.2, 0.25) is 5.28 Å². The van der Waals surface area contributed by atoms with Crippen LogP contribution >= 0.6 is 11.6 Å². The average Bonchev–Trinajstić information content (AvgIpc) is 2.97. The molecule has 96 valence electrons. The summed E-state index contributed by atoms with van der Waals surface area (Å²) in [6.07, 6.45) is 4.20. The zero-order valence-corrected chi connectivity index (χ0v) is 10.8. The van der Waals surface area contributed by atoms with Crippen LogP contribution in [0.5, 0.6) is 0 Å². The van der Waals surface area contributed by atoms with Gasteiger partial charge in [-0.25, -0.2) is 0 Å². The van der Waals surface area contributed by atoms with Gasteiger partial charge in [0.25, 0.3) is 0 Å². The molecule has 1 unspecified atom stereocenters. The second kappa shape index (κ2) is 4.70. The highest BCUT2D eigenvalue weighted by molar-refractivity contribution is 6.28. The van der Waals surface area contributed by atoms with Crippen LogP contribution in [0.3, 0.4) is 0 Å². The smallest absolute Gasteiger partial charge is 0.226 e. The van der Waals surface area contributed by atoms with E-state index < -0.39 is 0 Å². The maximum Gasteiger partial charge on any atom is 0.226 e. The van der Waals surface area contributed by atoms with Crippen molar-refractivity contribution >= 4 is 28.5 Å². The van der Waals surface area contributed by atoms with Crippen molar-refractivity contribution in [2.45, 2.75) is 18.9 Å². The fourth-order valence-corrected chi connectivity index (χ4v) is 2.31. The van der Waals surface area contributed by atoms with Gasteiger partial charge >= 0.3 is 0 Å². The number of ether oxygens (including phenoxy) is 1.